The third kappa shape index (κ3) is 2.77. The van der Waals surface area contributed by atoms with Gasteiger partial charge in [-0.2, -0.15) is 0 Å². The molecule has 18 heavy (non-hydrogen) atoms. The Morgan fingerprint density at radius 2 is 2.28 bits per heavy atom. The second kappa shape index (κ2) is 5.18. The van der Waals surface area contributed by atoms with Gasteiger partial charge in [0, 0.05) is 29.3 Å². The minimum atomic E-state index is 0.117. The van der Waals surface area contributed by atoms with Crippen LogP contribution in [-0.2, 0) is 0 Å². The standard InChI is InChI=1S/C13H18BrN3O/c1-8-5-9(8)7-17(2)10-3-4-11(12(14)6-10)13(15)16-18/h3-4,6,8-9,18H,5,7H2,1-2H3,(H2,15,16). The summed E-state index contributed by atoms with van der Waals surface area (Å²) < 4.78 is 0.839. The first kappa shape index (κ1) is 13.2. The van der Waals surface area contributed by atoms with Gasteiger partial charge in [-0.25, -0.2) is 0 Å². The summed E-state index contributed by atoms with van der Waals surface area (Å²) in [6, 6.07) is 5.85. The molecule has 1 aromatic carbocycles. The maximum atomic E-state index is 8.68. The van der Waals surface area contributed by atoms with E-state index in [9.17, 15) is 0 Å². The Hall–Kier alpha value is -1.23. The van der Waals surface area contributed by atoms with Crippen LogP contribution in [0.5, 0.6) is 0 Å². The van der Waals surface area contributed by atoms with E-state index in [1.54, 1.807) is 0 Å². The molecule has 2 rings (SSSR count). The van der Waals surface area contributed by atoms with E-state index < -0.39 is 0 Å². The molecule has 0 spiro atoms. The van der Waals surface area contributed by atoms with E-state index >= 15 is 0 Å². The van der Waals surface area contributed by atoms with Gasteiger partial charge in [0.2, 0.25) is 0 Å². The molecule has 1 aliphatic carbocycles. The average Bonchev–Trinajstić information content (AvgIpc) is 3.03. The average molecular weight is 312 g/mol. The first-order chi connectivity index (χ1) is 8.52. The summed E-state index contributed by atoms with van der Waals surface area (Å²) in [4.78, 5) is 2.25. The topological polar surface area (TPSA) is 61.8 Å². The summed E-state index contributed by atoms with van der Waals surface area (Å²) in [5.41, 5.74) is 7.42. The van der Waals surface area contributed by atoms with Crippen LogP contribution in [0.3, 0.4) is 0 Å². The van der Waals surface area contributed by atoms with Crippen LogP contribution in [0.25, 0.3) is 0 Å². The molecule has 1 aliphatic rings. The van der Waals surface area contributed by atoms with Crippen molar-refractivity contribution in [3.63, 3.8) is 0 Å². The van der Waals surface area contributed by atoms with Crippen LogP contribution in [0, 0.1) is 11.8 Å². The van der Waals surface area contributed by atoms with E-state index in [0.29, 0.717) is 5.56 Å². The number of amidine groups is 1. The SMILES string of the molecule is CC1CC1CN(C)c1ccc(/C(N)=N/O)c(Br)c1. The lowest BCUT2D eigenvalue weighted by molar-refractivity contribution is 0.318. The minimum absolute atomic E-state index is 0.117. The molecule has 5 heteroatoms. The molecule has 4 nitrogen and oxygen atoms in total. The van der Waals surface area contributed by atoms with Crippen LogP contribution in [0.2, 0.25) is 0 Å². The number of halogens is 1. The normalized spacial score (nSPS) is 22.9. The Labute approximate surface area is 116 Å². The molecule has 3 N–H and O–H groups in total. The van der Waals surface area contributed by atoms with E-state index in [0.717, 1.165) is 28.5 Å². The van der Waals surface area contributed by atoms with Crippen molar-refractivity contribution < 1.29 is 5.21 Å². The smallest absolute Gasteiger partial charge is 0.171 e. The van der Waals surface area contributed by atoms with Crippen LogP contribution < -0.4 is 10.6 Å². The van der Waals surface area contributed by atoms with Gasteiger partial charge in [0.05, 0.1) is 0 Å². The van der Waals surface area contributed by atoms with Gasteiger partial charge in [-0.1, -0.05) is 12.1 Å². The number of rotatable bonds is 4. The summed E-state index contributed by atoms with van der Waals surface area (Å²) in [5.74, 6) is 1.79. The number of nitrogens with two attached hydrogens (primary N) is 1. The van der Waals surface area contributed by atoms with Crippen molar-refractivity contribution in [1.29, 1.82) is 0 Å². The van der Waals surface area contributed by atoms with E-state index in [4.69, 9.17) is 10.9 Å². The highest BCUT2D eigenvalue weighted by molar-refractivity contribution is 9.10. The lowest BCUT2D eigenvalue weighted by Crippen LogP contribution is -2.21. The molecule has 0 radical (unpaired) electrons. The molecule has 1 aromatic rings. The van der Waals surface area contributed by atoms with Crippen molar-refractivity contribution in [2.24, 2.45) is 22.7 Å². The zero-order valence-corrected chi connectivity index (χ0v) is 12.2. The molecular weight excluding hydrogens is 294 g/mol. The summed E-state index contributed by atoms with van der Waals surface area (Å²) >= 11 is 3.45. The highest BCUT2D eigenvalue weighted by Crippen LogP contribution is 2.38. The minimum Gasteiger partial charge on any atom is -0.409 e. The lowest BCUT2D eigenvalue weighted by atomic mass is 10.2. The predicted octanol–water partition coefficient (Wildman–Crippen LogP) is 2.64. The Kier molecular flexibility index (Phi) is 3.80. The first-order valence-electron chi connectivity index (χ1n) is 6.01. The molecule has 0 saturated heterocycles. The van der Waals surface area contributed by atoms with Crippen molar-refractivity contribution in [3.05, 3.63) is 28.2 Å². The van der Waals surface area contributed by atoms with Gasteiger partial charge in [-0.05, 0) is 52.4 Å². The zero-order valence-electron chi connectivity index (χ0n) is 10.6. The highest BCUT2D eigenvalue weighted by Gasteiger charge is 2.33. The molecule has 98 valence electrons. The second-order valence-corrected chi connectivity index (χ2v) is 5.86. The monoisotopic (exact) mass is 311 g/mol. The number of hydrogen-bond donors (Lipinski definition) is 2. The molecular formula is C13H18BrN3O. The third-order valence-electron chi connectivity index (χ3n) is 3.56. The molecule has 0 aliphatic heterocycles. The van der Waals surface area contributed by atoms with Crippen LogP contribution in [0.15, 0.2) is 27.8 Å². The molecule has 2 atom stereocenters. The molecule has 0 amide bonds. The Bertz CT molecular complexity index is 475. The fourth-order valence-electron chi connectivity index (χ4n) is 2.11. The number of benzene rings is 1. The summed E-state index contributed by atoms with van der Waals surface area (Å²) in [6.07, 6.45) is 1.33. The second-order valence-electron chi connectivity index (χ2n) is 5.00. The fourth-order valence-corrected chi connectivity index (χ4v) is 2.68. The van der Waals surface area contributed by atoms with Gasteiger partial charge in [0.1, 0.15) is 0 Å². The van der Waals surface area contributed by atoms with Crippen LogP contribution in [0.1, 0.15) is 18.9 Å². The van der Waals surface area contributed by atoms with Crippen molar-refractivity contribution in [1.82, 2.24) is 0 Å². The number of nitrogens with zero attached hydrogens (tertiary/aromatic N) is 2. The van der Waals surface area contributed by atoms with Crippen LogP contribution in [-0.4, -0.2) is 24.6 Å². The quantitative estimate of drug-likeness (QED) is 0.389. The van der Waals surface area contributed by atoms with Gasteiger partial charge >= 0.3 is 0 Å². The third-order valence-corrected chi connectivity index (χ3v) is 4.22. The fraction of sp³-hybridized carbons (Fsp3) is 0.462. The Balaban J connectivity index is 2.12. The van der Waals surface area contributed by atoms with Crippen molar-refractivity contribution in [3.8, 4) is 0 Å². The molecule has 0 heterocycles. The van der Waals surface area contributed by atoms with E-state index in [1.165, 1.54) is 6.42 Å². The first-order valence-corrected chi connectivity index (χ1v) is 6.80. The zero-order chi connectivity index (χ0) is 13.3. The predicted molar refractivity (Wildman–Crippen MR) is 77.2 cm³/mol. The van der Waals surface area contributed by atoms with Crippen molar-refractivity contribution in [2.45, 2.75) is 13.3 Å². The number of anilines is 1. The summed E-state index contributed by atoms with van der Waals surface area (Å²) in [5, 5.41) is 11.7. The van der Waals surface area contributed by atoms with E-state index in [2.05, 4.69) is 40.0 Å². The van der Waals surface area contributed by atoms with Gasteiger partial charge in [0.15, 0.2) is 5.84 Å². The van der Waals surface area contributed by atoms with Gasteiger partial charge in [-0.15, -0.1) is 0 Å². The van der Waals surface area contributed by atoms with Crippen molar-refractivity contribution in [2.75, 3.05) is 18.5 Å². The van der Waals surface area contributed by atoms with Gasteiger partial charge < -0.3 is 15.8 Å². The Morgan fingerprint density at radius 1 is 1.61 bits per heavy atom. The van der Waals surface area contributed by atoms with E-state index in [-0.39, 0.29) is 5.84 Å². The highest BCUT2D eigenvalue weighted by atomic mass is 79.9. The Morgan fingerprint density at radius 3 is 2.78 bits per heavy atom. The summed E-state index contributed by atoms with van der Waals surface area (Å²) in [7, 11) is 2.09. The van der Waals surface area contributed by atoms with E-state index in [1.807, 2.05) is 18.2 Å². The number of oxime groups is 1. The molecule has 0 bridgehead atoms. The lowest BCUT2D eigenvalue weighted by Gasteiger charge is -2.20. The van der Waals surface area contributed by atoms with Gasteiger partial charge in [-0.3, -0.25) is 0 Å². The maximum absolute atomic E-state index is 8.68. The molecule has 1 fully saturated rings. The maximum Gasteiger partial charge on any atom is 0.171 e. The van der Waals surface area contributed by atoms with Crippen LogP contribution in [0.4, 0.5) is 5.69 Å². The molecule has 1 saturated carbocycles. The van der Waals surface area contributed by atoms with Crippen molar-refractivity contribution >= 4 is 27.5 Å². The van der Waals surface area contributed by atoms with Crippen LogP contribution >= 0.6 is 15.9 Å². The number of hydrogen-bond acceptors (Lipinski definition) is 3. The molecule has 2 unspecified atom stereocenters. The largest absolute Gasteiger partial charge is 0.409 e. The van der Waals surface area contributed by atoms with Gasteiger partial charge in [0.25, 0.3) is 0 Å². The molecule has 0 aromatic heterocycles. The summed E-state index contributed by atoms with van der Waals surface area (Å²) in [6.45, 7) is 3.37.